The van der Waals surface area contributed by atoms with E-state index >= 15 is 0 Å². The van der Waals surface area contributed by atoms with Crippen LogP contribution in [-0.4, -0.2) is 39.7 Å². The van der Waals surface area contributed by atoms with Gasteiger partial charge in [-0.25, -0.2) is 4.79 Å². The monoisotopic (exact) mass is 240 g/mol. The molecule has 1 aliphatic rings. The minimum absolute atomic E-state index is 0.138. The van der Waals surface area contributed by atoms with Crippen LogP contribution in [0.2, 0.25) is 0 Å². The van der Waals surface area contributed by atoms with Gasteiger partial charge in [0.25, 0.3) is 0 Å². The molecule has 0 saturated carbocycles. The van der Waals surface area contributed by atoms with Crippen molar-refractivity contribution >= 4 is 5.97 Å². The van der Waals surface area contributed by atoms with E-state index in [1.54, 1.807) is 10.9 Å². The second-order valence-corrected chi connectivity index (χ2v) is 4.01. The summed E-state index contributed by atoms with van der Waals surface area (Å²) in [4.78, 5) is 10.7. The summed E-state index contributed by atoms with van der Waals surface area (Å²) in [5, 5.41) is 12.9. The lowest BCUT2D eigenvalue weighted by Crippen LogP contribution is -2.23. The summed E-state index contributed by atoms with van der Waals surface area (Å²) in [6.07, 6.45) is 3.91. The van der Waals surface area contributed by atoms with Gasteiger partial charge in [0.05, 0.1) is 18.5 Å². The Balaban J connectivity index is 1.77. The molecule has 2 rings (SSSR count). The molecular weight excluding hydrogens is 224 g/mol. The van der Waals surface area contributed by atoms with Gasteiger partial charge in [-0.3, -0.25) is 4.68 Å². The van der Waals surface area contributed by atoms with Gasteiger partial charge in [-0.15, -0.1) is 0 Å². The molecule has 2 heterocycles. The first-order valence-corrected chi connectivity index (χ1v) is 5.72. The van der Waals surface area contributed by atoms with Crippen molar-refractivity contribution in [3.05, 3.63) is 12.4 Å². The molecule has 0 bridgehead atoms. The van der Waals surface area contributed by atoms with E-state index in [2.05, 4.69) is 5.10 Å². The first kappa shape index (κ1) is 11.9. The van der Waals surface area contributed by atoms with Crippen molar-refractivity contribution in [3.8, 4) is 5.75 Å². The highest BCUT2D eigenvalue weighted by Gasteiger charge is 2.30. The Morgan fingerprint density at radius 1 is 1.71 bits per heavy atom. The third-order valence-corrected chi connectivity index (χ3v) is 2.75. The fraction of sp³-hybridized carbons (Fsp3) is 0.636. The van der Waals surface area contributed by atoms with E-state index in [0.29, 0.717) is 18.8 Å². The fourth-order valence-corrected chi connectivity index (χ4v) is 1.79. The predicted octanol–water partition coefficient (Wildman–Crippen LogP) is 0.914. The van der Waals surface area contributed by atoms with Gasteiger partial charge in [0.15, 0.2) is 11.9 Å². The summed E-state index contributed by atoms with van der Waals surface area (Å²) in [7, 11) is 0. The van der Waals surface area contributed by atoms with Crippen LogP contribution in [0, 0.1) is 0 Å². The standard InChI is InChI=1S/C11H16N2O4/c1-2-13-6-9(5-12-13)16-7-8-3-4-10(17-8)11(14)15/h5-6,8,10H,2-4,7H2,1H3,(H,14,15). The molecule has 2 unspecified atom stereocenters. The molecule has 0 aromatic carbocycles. The number of aliphatic carboxylic acids is 1. The second kappa shape index (κ2) is 5.18. The number of hydrogen-bond donors (Lipinski definition) is 1. The van der Waals surface area contributed by atoms with Crippen LogP contribution in [0.1, 0.15) is 19.8 Å². The second-order valence-electron chi connectivity index (χ2n) is 4.01. The Hall–Kier alpha value is -1.56. The van der Waals surface area contributed by atoms with Crippen molar-refractivity contribution in [2.75, 3.05) is 6.61 Å². The summed E-state index contributed by atoms with van der Waals surface area (Å²) < 4.78 is 12.6. The van der Waals surface area contributed by atoms with Gasteiger partial charge in [-0.05, 0) is 19.8 Å². The molecule has 0 aliphatic carbocycles. The van der Waals surface area contributed by atoms with Crippen LogP contribution in [0.3, 0.4) is 0 Å². The topological polar surface area (TPSA) is 73.6 Å². The summed E-state index contributed by atoms with van der Waals surface area (Å²) in [6, 6.07) is 0. The minimum atomic E-state index is -0.897. The van der Waals surface area contributed by atoms with Gasteiger partial charge in [0.2, 0.25) is 0 Å². The summed E-state index contributed by atoms with van der Waals surface area (Å²) in [6.45, 7) is 3.16. The van der Waals surface area contributed by atoms with E-state index in [1.165, 1.54) is 0 Å². The number of carbonyl (C=O) groups is 1. The van der Waals surface area contributed by atoms with Crippen molar-refractivity contribution in [1.29, 1.82) is 0 Å². The van der Waals surface area contributed by atoms with Crippen LogP contribution in [0.4, 0.5) is 0 Å². The maximum Gasteiger partial charge on any atom is 0.332 e. The lowest BCUT2D eigenvalue weighted by atomic mass is 10.2. The number of ether oxygens (including phenoxy) is 2. The zero-order chi connectivity index (χ0) is 12.3. The first-order valence-electron chi connectivity index (χ1n) is 5.72. The number of hydrogen-bond acceptors (Lipinski definition) is 4. The molecule has 0 radical (unpaired) electrons. The molecule has 1 aromatic rings. The lowest BCUT2D eigenvalue weighted by Gasteiger charge is -2.11. The largest absolute Gasteiger partial charge is 0.488 e. The molecule has 1 N–H and O–H groups in total. The predicted molar refractivity (Wildman–Crippen MR) is 58.9 cm³/mol. The Bertz CT molecular complexity index is 391. The SMILES string of the molecule is CCn1cc(OCC2CCC(C(=O)O)O2)cn1. The number of carboxylic acid groups (broad SMARTS) is 1. The molecule has 6 nitrogen and oxygen atoms in total. The van der Waals surface area contributed by atoms with E-state index < -0.39 is 12.1 Å². The van der Waals surface area contributed by atoms with E-state index in [9.17, 15) is 4.79 Å². The zero-order valence-electron chi connectivity index (χ0n) is 9.70. The number of nitrogens with zero attached hydrogens (tertiary/aromatic N) is 2. The molecule has 1 aliphatic heterocycles. The van der Waals surface area contributed by atoms with Crippen molar-refractivity contribution < 1.29 is 19.4 Å². The van der Waals surface area contributed by atoms with E-state index in [4.69, 9.17) is 14.6 Å². The molecule has 94 valence electrons. The van der Waals surface area contributed by atoms with Gasteiger partial charge < -0.3 is 14.6 Å². The molecule has 0 amide bonds. The van der Waals surface area contributed by atoms with E-state index in [1.807, 2.05) is 13.1 Å². The molecule has 1 aromatic heterocycles. The number of aryl methyl sites for hydroxylation is 1. The van der Waals surface area contributed by atoms with Crippen molar-refractivity contribution in [2.45, 2.75) is 38.5 Å². The van der Waals surface area contributed by atoms with E-state index in [0.717, 1.165) is 13.0 Å². The lowest BCUT2D eigenvalue weighted by molar-refractivity contribution is -0.149. The summed E-state index contributed by atoms with van der Waals surface area (Å²) in [5.74, 6) is -0.208. The Kier molecular flexibility index (Phi) is 3.63. The third kappa shape index (κ3) is 2.97. The van der Waals surface area contributed by atoms with Crippen molar-refractivity contribution in [1.82, 2.24) is 9.78 Å². The Labute approximate surface area is 99.1 Å². The minimum Gasteiger partial charge on any atom is -0.488 e. The van der Waals surface area contributed by atoms with Crippen molar-refractivity contribution in [3.63, 3.8) is 0 Å². The molecule has 1 fully saturated rings. The van der Waals surface area contributed by atoms with Crippen molar-refractivity contribution in [2.24, 2.45) is 0 Å². The maximum atomic E-state index is 10.7. The molecule has 6 heteroatoms. The van der Waals surface area contributed by atoms with Gasteiger partial charge in [0, 0.05) is 6.54 Å². The quantitative estimate of drug-likeness (QED) is 0.828. The van der Waals surface area contributed by atoms with Crippen LogP contribution in [-0.2, 0) is 16.1 Å². The molecule has 17 heavy (non-hydrogen) atoms. The average Bonchev–Trinajstić information content (AvgIpc) is 2.95. The van der Waals surface area contributed by atoms with Gasteiger partial charge in [0.1, 0.15) is 6.61 Å². The Morgan fingerprint density at radius 3 is 3.12 bits per heavy atom. The third-order valence-electron chi connectivity index (χ3n) is 2.75. The Morgan fingerprint density at radius 2 is 2.53 bits per heavy atom. The molecule has 2 atom stereocenters. The highest BCUT2D eigenvalue weighted by molar-refractivity contribution is 5.72. The van der Waals surface area contributed by atoms with E-state index in [-0.39, 0.29) is 6.10 Å². The molecule has 0 spiro atoms. The van der Waals surface area contributed by atoms with Crippen LogP contribution in [0.25, 0.3) is 0 Å². The smallest absolute Gasteiger partial charge is 0.332 e. The van der Waals surface area contributed by atoms with Gasteiger partial charge in [-0.1, -0.05) is 0 Å². The fourth-order valence-electron chi connectivity index (χ4n) is 1.79. The highest BCUT2D eigenvalue weighted by atomic mass is 16.6. The van der Waals surface area contributed by atoms with Crippen LogP contribution < -0.4 is 4.74 Å². The molecule has 1 saturated heterocycles. The van der Waals surface area contributed by atoms with Crippen LogP contribution in [0.15, 0.2) is 12.4 Å². The van der Waals surface area contributed by atoms with Crippen LogP contribution >= 0.6 is 0 Å². The normalized spacial score (nSPS) is 23.8. The molecular formula is C11H16N2O4. The number of carboxylic acids is 1. The van der Waals surface area contributed by atoms with Gasteiger partial charge in [-0.2, -0.15) is 5.10 Å². The average molecular weight is 240 g/mol. The van der Waals surface area contributed by atoms with Gasteiger partial charge >= 0.3 is 5.97 Å². The van der Waals surface area contributed by atoms with Crippen LogP contribution in [0.5, 0.6) is 5.75 Å². The summed E-state index contributed by atoms with van der Waals surface area (Å²) >= 11 is 0. The number of rotatable bonds is 5. The highest BCUT2D eigenvalue weighted by Crippen LogP contribution is 2.21. The first-order chi connectivity index (χ1) is 8.19. The summed E-state index contributed by atoms with van der Waals surface area (Å²) in [5.41, 5.74) is 0. The maximum absolute atomic E-state index is 10.7. The number of aromatic nitrogens is 2. The zero-order valence-corrected chi connectivity index (χ0v) is 9.70.